The summed E-state index contributed by atoms with van der Waals surface area (Å²) in [5.74, 6) is 0.637. The molecule has 3 aromatic rings. The Bertz CT molecular complexity index is 1040. The van der Waals surface area contributed by atoms with Crippen molar-refractivity contribution in [3.63, 3.8) is 0 Å². The van der Waals surface area contributed by atoms with E-state index in [0.29, 0.717) is 23.8 Å². The predicted octanol–water partition coefficient (Wildman–Crippen LogP) is 3.82. The third-order valence-corrected chi connectivity index (χ3v) is 5.40. The molecule has 0 saturated carbocycles. The Morgan fingerprint density at radius 2 is 1.48 bits per heavy atom. The summed E-state index contributed by atoms with van der Waals surface area (Å²) in [6, 6.07) is 18.2. The van der Waals surface area contributed by atoms with Crippen molar-refractivity contribution >= 4 is 11.8 Å². The van der Waals surface area contributed by atoms with Crippen molar-refractivity contribution < 1.29 is 18.7 Å². The van der Waals surface area contributed by atoms with E-state index in [-0.39, 0.29) is 11.7 Å². The SMILES string of the molecule is CCN(CC)Cc1ccc(C(=O)NNC(=O)C2c3ccccc3Oc3ccccc32)o1. The quantitative estimate of drug-likeness (QED) is 0.594. The lowest BCUT2D eigenvalue weighted by molar-refractivity contribution is -0.122. The lowest BCUT2D eigenvalue weighted by atomic mass is 9.87. The molecule has 0 saturated heterocycles. The first kappa shape index (κ1) is 20.7. The Hall–Kier alpha value is -3.58. The first-order chi connectivity index (χ1) is 15.1. The van der Waals surface area contributed by atoms with Crippen molar-refractivity contribution in [2.75, 3.05) is 13.1 Å². The summed E-state index contributed by atoms with van der Waals surface area (Å²) in [4.78, 5) is 27.8. The van der Waals surface area contributed by atoms with Crippen LogP contribution in [0.3, 0.4) is 0 Å². The van der Waals surface area contributed by atoms with Gasteiger partial charge in [0.05, 0.1) is 12.5 Å². The Balaban J connectivity index is 1.46. The minimum Gasteiger partial charge on any atom is -0.457 e. The van der Waals surface area contributed by atoms with E-state index in [2.05, 4.69) is 29.6 Å². The molecule has 4 rings (SSSR count). The Labute approximate surface area is 181 Å². The molecular formula is C24H25N3O4. The van der Waals surface area contributed by atoms with E-state index in [4.69, 9.17) is 9.15 Å². The molecule has 31 heavy (non-hydrogen) atoms. The second-order valence-electron chi connectivity index (χ2n) is 7.28. The van der Waals surface area contributed by atoms with Crippen molar-refractivity contribution in [1.29, 1.82) is 0 Å². The molecule has 2 aromatic carbocycles. The number of para-hydroxylation sites is 2. The molecule has 0 bridgehead atoms. The second-order valence-corrected chi connectivity index (χ2v) is 7.28. The zero-order valence-electron chi connectivity index (χ0n) is 17.6. The molecule has 0 fully saturated rings. The van der Waals surface area contributed by atoms with Crippen LogP contribution in [0.15, 0.2) is 65.1 Å². The zero-order chi connectivity index (χ0) is 21.8. The van der Waals surface area contributed by atoms with Crippen molar-refractivity contribution in [3.8, 4) is 11.5 Å². The molecule has 1 aliphatic heterocycles. The van der Waals surface area contributed by atoms with Crippen LogP contribution in [-0.4, -0.2) is 29.8 Å². The third kappa shape index (κ3) is 4.32. The van der Waals surface area contributed by atoms with Gasteiger partial charge in [0.2, 0.25) is 0 Å². The molecule has 7 nitrogen and oxygen atoms in total. The summed E-state index contributed by atoms with van der Waals surface area (Å²) in [7, 11) is 0. The summed E-state index contributed by atoms with van der Waals surface area (Å²) in [5.41, 5.74) is 6.49. The number of hydrazine groups is 1. The van der Waals surface area contributed by atoms with Gasteiger partial charge in [-0.3, -0.25) is 25.3 Å². The highest BCUT2D eigenvalue weighted by atomic mass is 16.5. The maximum Gasteiger partial charge on any atom is 0.305 e. The van der Waals surface area contributed by atoms with Gasteiger partial charge in [0.25, 0.3) is 5.91 Å². The average Bonchev–Trinajstić information content (AvgIpc) is 3.27. The summed E-state index contributed by atoms with van der Waals surface area (Å²) < 4.78 is 11.6. The predicted molar refractivity (Wildman–Crippen MR) is 116 cm³/mol. The highest BCUT2D eigenvalue weighted by Gasteiger charge is 2.32. The number of nitrogens with one attached hydrogen (secondary N) is 2. The van der Waals surface area contributed by atoms with Crippen LogP contribution in [0.25, 0.3) is 0 Å². The first-order valence-electron chi connectivity index (χ1n) is 10.4. The third-order valence-electron chi connectivity index (χ3n) is 5.40. The number of furan rings is 1. The van der Waals surface area contributed by atoms with Gasteiger partial charge in [-0.15, -0.1) is 0 Å². The maximum absolute atomic E-state index is 13.1. The van der Waals surface area contributed by atoms with Gasteiger partial charge < -0.3 is 9.15 Å². The van der Waals surface area contributed by atoms with Gasteiger partial charge in [-0.25, -0.2) is 0 Å². The summed E-state index contributed by atoms with van der Waals surface area (Å²) in [6.45, 7) is 6.55. The number of ether oxygens (including phenoxy) is 1. The topological polar surface area (TPSA) is 83.8 Å². The van der Waals surface area contributed by atoms with Crippen LogP contribution < -0.4 is 15.6 Å². The second kappa shape index (κ2) is 9.06. The number of amides is 2. The van der Waals surface area contributed by atoms with Crippen LogP contribution in [0.5, 0.6) is 11.5 Å². The molecule has 2 amide bonds. The van der Waals surface area contributed by atoms with Gasteiger partial charge >= 0.3 is 5.91 Å². The number of rotatable bonds is 6. The van der Waals surface area contributed by atoms with E-state index < -0.39 is 11.8 Å². The summed E-state index contributed by atoms with van der Waals surface area (Å²) in [6.07, 6.45) is 0. The maximum atomic E-state index is 13.1. The van der Waals surface area contributed by atoms with Crippen molar-refractivity contribution in [1.82, 2.24) is 15.8 Å². The van der Waals surface area contributed by atoms with Crippen molar-refractivity contribution in [3.05, 3.63) is 83.3 Å². The Morgan fingerprint density at radius 1 is 0.871 bits per heavy atom. The van der Waals surface area contributed by atoms with Crippen LogP contribution in [0.4, 0.5) is 0 Å². The lowest BCUT2D eigenvalue weighted by Gasteiger charge is -2.27. The molecule has 2 N–H and O–H groups in total. The number of hydrogen-bond acceptors (Lipinski definition) is 5. The Morgan fingerprint density at radius 3 is 2.10 bits per heavy atom. The van der Waals surface area contributed by atoms with E-state index in [0.717, 1.165) is 24.2 Å². The molecule has 7 heteroatoms. The Kier molecular flexibility index (Phi) is 6.04. The lowest BCUT2D eigenvalue weighted by Crippen LogP contribution is -2.44. The van der Waals surface area contributed by atoms with Crippen LogP contribution in [-0.2, 0) is 11.3 Å². The fraction of sp³-hybridized carbons (Fsp3) is 0.250. The number of benzene rings is 2. The molecule has 0 spiro atoms. The molecule has 0 atom stereocenters. The summed E-state index contributed by atoms with van der Waals surface area (Å²) >= 11 is 0. The monoisotopic (exact) mass is 419 g/mol. The van der Waals surface area contributed by atoms with Gasteiger partial charge in [-0.1, -0.05) is 50.2 Å². The largest absolute Gasteiger partial charge is 0.457 e. The van der Waals surface area contributed by atoms with E-state index in [1.54, 1.807) is 12.1 Å². The van der Waals surface area contributed by atoms with Crippen molar-refractivity contribution in [2.24, 2.45) is 0 Å². The van der Waals surface area contributed by atoms with E-state index >= 15 is 0 Å². The molecule has 0 aliphatic carbocycles. The number of hydrogen-bond donors (Lipinski definition) is 2. The normalized spacial score (nSPS) is 12.6. The summed E-state index contributed by atoms with van der Waals surface area (Å²) in [5, 5.41) is 0. The minimum absolute atomic E-state index is 0.148. The number of nitrogens with zero attached hydrogens (tertiary/aromatic N) is 1. The minimum atomic E-state index is -0.601. The first-order valence-corrected chi connectivity index (χ1v) is 10.4. The zero-order valence-corrected chi connectivity index (χ0v) is 17.6. The highest BCUT2D eigenvalue weighted by Crippen LogP contribution is 2.43. The highest BCUT2D eigenvalue weighted by molar-refractivity contribution is 5.95. The fourth-order valence-electron chi connectivity index (χ4n) is 3.70. The van der Waals surface area contributed by atoms with Crippen LogP contribution in [0.1, 0.15) is 47.2 Å². The average molecular weight is 419 g/mol. The van der Waals surface area contributed by atoms with E-state index in [9.17, 15) is 9.59 Å². The smallest absolute Gasteiger partial charge is 0.305 e. The number of fused-ring (bicyclic) bond motifs is 2. The van der Waals surface area contributed by atoms with Crippen molar-refractivity contribution in [2.45, 2.75) is 26.3 Å². The fourth-order valence-corrected chi connectivity index (χ4v) is 3.70. The van der Waals surface area contributed by atoms with Gasteiger partial charge in [0.15, 0.2) is 5.76 Å². The van der Waals surface area contributed by atoms with Crippen LogP contribution >= 0.6 is 0 Å². The number of carbonyl (C=O) groups is 2. The van der Waals surface area contributed by atoms with E-state index in [1.165, 1.54) is 0 Å². The number of carbonyl (C=O) groups excluding carboxylic acids is 2. The molecule has 160 valence electrons. The van der Waals surface area contributed by atoms with Crippen LogP contribution in [0.2, 0.25) is 0 Å². The molecular weight excluding hydrogens is 394 g/mol. The standard InChI is InChI=1S/C24H25N3O4/c1-3-27(4-2)15-16-13-14-21(30-16)23(28)25-26-24(29)22-17-9-5-7-11-19(17)31-20-12-8-6-10-18(20)22/h5-14,22H,3-4,15H2,1-2H3,(H,25,28)(H,26,29). The molecule has 1 aromatic heterocycles. The van der Waals surface area contributed by atoms with Gasteiger partial charge in [0.1, 0.15) is 17.3 Å². The van der Waals surface area contributed by atoms with Gasteiger partial charge in [-0.05, 0) is 37.4 Å². The van der Waals surface area contributed by atoms with Gasteiger partial charge in [0, 0.05) is 11.1 Å². The molecule has 0 unspecified atom stereocenters. The van der Waals surface area contributed by atoms with Gasteiger partial charge in [-0.2, -0.15) is 0 Å². The van der Waals surface area contributed by atoms with E-state index in [1.807, 2.05) is 48.5 Å². The molecule has 1 aliphatic rings. The van der Waals surface area contributed by atoms with Crippen LogP contribution in [0, 0.1) is 0 Å². The molecule has 0 radical (unpaired) electrons. The molecule has 2 heterocycles.